The maximum Gasteiger partial charge on any atom is 0.00800 e. The minimum atomic E-state index is 0.415. The first-order chi connectivity index (χ1) is 6.19. The van der Waals surface area contributed by atoms with Crippen molar-refractivity contribution in [1.82, 2.24) is 0 Å². The van der Waals surface area contributed by atoms with Crippen LogP contribution in [0.15, 0.2) is 12.1 Å². The molecular weight excluding hydrogens is 180 g/mol. The van der Waals surface area contributed by atoms with Crippen LogP contribution in [0.3, 0.4) is 0 Å². The van der Waals surface area contributed by atoms with Gasteiger partial charge < -0.3 is 11.5 Å². The summed E-state index contributed by atoms with van der Waals surface area (Å²) in [5, 5.41) is 0. The van der Waals surface area contributed by atoms with Gasteiger partial charge in [-0.15, -0.1) is 11.3 Å². The molecule has 0 bridgehead atoms. The van der Waals surface area contributed by atoms with Crippen molar-refractivity contribution in [3.8, 4) is 0 Å². The molecule has 0 aliphatic carbocycles. The van der Waals surface area contributed by atoms with Crippen molar-refractivity contribution < 1.29 is 0 Å². The Bertz CT molecular complexity index is 253. The topological polar surface area (TPSA) is 52.0 Å². The van der Waals surface area contributed by atoms with E-state index in [2.05, 4.69) is 26.0 Å². The predicted molar refractivity (Wildman–Crippen MR) is 59.1 cm³/mol. The van der Waals surface area contributed by atoms with E-state index < -0.39 is 0 Å². The lowest BCUT2D eigenvalue weighted by atomic mass is 9.93. The Morgan fingerprint density at radius 2 is 1.92 bits per heavy atom. The zero-order valence-corrected chi connectivity index (χ0v) is 9.10. The zero-order chi connectivity index (χ0) is 9.84. The summed E-state index contributed by atoms with van der Waals surface area (Å²) in [5.41, 5.74) is 11.3. The summed E-state index contributed by atoms with van der Waals surface area (Å²) in [6.45, 7) is 5.68. The van der Waals surface area contributed by atoms with Crippen LogP contribution in [0.1, 0.15) is 22.6 Å². The highest BCUT2D eigenvalue weighted by molar-refractivity contribution is 7.12. The molecular formula is C10H18N2S. The number of rotatable bonds is 4. The average Bonchev–Trinajstić information content (AvgIpc) is 2.54. The monoisotopic (exact) mass is 198 g/mol. The van der Waals surface area contributed by atoms with Gasteiger partial charge in [0, 0.05) is 9.75 Å². The molecule has 74 valence electrons. The molecule has 0 fully saturated rings. The second-order valence-electron chi connectivity index (χ2n) is 3.47. The second-order valence-corrected chi connectivity index (χ2v) is 4.79. The molecule has 3 heteroatoms. The lowest BCUT2D eigenvalue weighted by Crippen LogP contribution is -2.27. The van der Waals surface area contributed by atoms with E-state index >= 15 is 0 Å². The first-order valence-electron chi connectivity index (χ1n) is 4.65. The number of hydrogen-bond donors (Lipinski definition) is 2. The van der Waals surface area contributed by atoms with Gasteiger partial charge in [-0.3, -0.25) is 0 Å². The van der Waals surface area contributed by atoms with E-state index in [0.29, 0.717) is 24.9 Å². The van der Waals surface area contributed by atoms with Gasteiger partial charge in [-0.05, 0) is 44.0 Å². The minimum Gasteiger partial charge on any atom is -0.330 e. The highest BCUT2D eigenvalue weighted by atomic mass is 32.1. The minimum absolute atomic E-state index is 0.415. The van der Waals surface area contributed by atoms with Crippen LogP contribution >= 0.6 is 11.3 Å². The molecule has 4 N–H and O–H groups in total. The van der Waals surface area contributed by atoms with Crippen molar-refractivity contribution >= 4 is 11.3 Å². The molecule has 0 amide bonds. The van der Waals surface area contributed by atoms with Crippen LogP contribution in [0.4, 0.5) is 0 Å². The van der Waals surface area contributed by atoms with Crippen molar-refractivity contribution in [2.45, 2.75) is 19.8 Å². The summed E-state index contributed by atoms with van der Waals surface area (Å²) in [4.78, 5) is 2.76. The molecule has 2 nitrogen and oxygen atoms in total. The number of aryl methyl sites for hydroxylation is 1. The van der Waals surface area contributed by atoms with Crippen LogP contribution in [-0.4, -0.2) is 13.1 Å². The second kappa shape index (κ2) is 4.74. The van der Waals surface area contributed by atoms with E-state index in [4.69, 9.17) is 11.5 Å². The Morgan fingerprint density at radius 3 is 2.31 bits per heavy atom. The molecule has 1 unspecified atom stereocenters. The first kappa shape index (κ1) is 10.7. The molecule has 0 spiro atoms. The van der Waals surface area contributed by atoms with E-state index in [0.717, 1.165) is 0 Å². The first-order valence-corrected chi connectivity index (χ1v) is 5.47. The molecule has 1 atom stereocenters. The molecule has 1 rings (SSSR count). The summed E-state index contributed by atoms with van der Waals surface area (Å²) in [6.07, 6.45) is 0. The molecule has 0 saturated carbocycles. The molecule has 1 aromatic heterocycles. The molecule has 0 aliphatic heterocycles. The zero-order valence-electron chi connectivity index (χ0n) is 8.29. The van der Waals surface area contributed by atoms with Gasteiger partial charge in [-0.1, -0.05) is 6.92 Å². The standard InChI is InChI=1S/C10H18N2S/c1-7-3-4-10(13-7)8(2)9(5-11)6-12/h3-4,8-9H,5-6,11-12H2,1-2H3. The summed E-state index contributed by atoms with van der Waals surface area (Å²) in [7, 11) is 0. The smallest absolute Gasteiger partial charge is 0.00800 e. The Hall–Kier alpha value is -0.380. The van der Waals surface area contributed by atoms with Crippen LogP contribution < -0.4 is 11.5 Å². The average molecular weight is 198 g/mol. The third kappa shape index (κ3) is 2.53. The molecule has 1 aromatic rings. The van der Waals surface area contributed by atoms with Gasteiger partial charge in [0.1, 0.15) is 0 Å². The van der Waals surface area contributed by atoms with Crippen LogP contribution in [0.25, 0.3) is 0 Å². The number of thiophene rings is 1. The van der Waals surface area contributed by atoms with Crippen molar-refractivity contribution in [3.63, 3.8) is 0 Å². The third-order valence-electron chi connectivity index (χ3n) is 2.52. The fourth-order valence-electron chi connectivity index (χ4n) is 1.43. The van der Waals surface area contributed by atoms with Gasteiger partial charge in [0.2, 0.25) is 0 Å². The SMILES string of the molecule is Cc1ccc(C(C)C(CN)CN)s1. The molecule has 1 heterocycles. The largest absolute Gasteiger partial charge is 0.330 e. The van der Waals surface area contributed by atoms with Crippen molar-refractivity contribution in [3.05, 3.63) is 21.9 Å². The number of hydrogen-bond acceptors (Lipinski definition) is 3. The van der Waals surface area contributed by atoms with E-state index in [1.807, 2.05) is 11.3 Å². The quantitative estimate of drug-likeness (QED) is 0.773. The Morgan fingerprint density at radius 1 is 1.31 bits per heavy atom. The van der Waals surface area contributed by atoms with E-state index in [1.54, 1.807) is 0 Å². The van der Waals surface area contributed by atoms with Gasteiger partial charge in [-0.2, -0.15) is 0 Å². The number of nitrogens with two attached hydrogens (primary N) is 2. The summed E-state index contributed by atoms with van der Waals surface area (Å²) in [5.74, 6) is 0.909. The third-order valence-corrected chi connectivity index (χ3v) is 3.72. The molecule has 0 aliphatic rings. The van der Waals surface area contributed by atoms with Gasteiger partial charge >= 0.3 is 0 Å². The van der Waals surface area contributed by atoms with E-state index in [1.165, 1.54) is 9.75 Å². The molecule has 0 radical (unpaired) electrons. The molecule has 13 heavy (non-hydrogen) atoms. The van der Waals surface area contributed by atoms with Crippen LogP contribution in [0.2, 0.25) is 0 Å². The highest BCUT2D eigenvalue weighted by Crippen LogP contribution is 2.29. The van der Waals surface area contributed by atoms with Gasteiger partial charge in [0.15, 0.2) is 0 Å². The van der Waals surface area contributed by atoms with Crippen LogP contribution in [-0.2, 0) is 0 Å². The maximum absolute atomic E-state index is 5.65. The Balaban J connectivity index is 2.71. The van der Waals surface area contributed by atoms with Crippen LogP contribution in [0.5, 0.6) is 0 Å². The van der Waals surface area contributed by atoms with Gasteiger partial charge in [0.25, 0.3) is 0 Å². The predicted octanol–water partition coefficient (Wildman–Crippen LogP) is 1.69. The van der Waals surface area contributed by atoms with Crippen molar-refractivity contribution in [2.24, 2.45) is 17.4 Å². The highest BCUT2D eigenvalue weighted by Gasteiger charge is 2.17. The normalized spacial score (nSPS) is 13.6. The summed E-state index contributed by atoms with van der Waals surface area (Å²) in [6, 6.07) is 4.34. The fraction of sp³-hybridized carbons (Fsp3) is 0.600. The van der Waals surface area contributed by atoms with E-state index in [9.17, 15) is 0 Å². The van der Waals surface area contributed by atoms with Gasteiger partial charge in [0.05, 0.1) is 0 Å². The van der Waals surface area contributed by atoms with Gasteiger partial charge in [-0.25, -0.2) is 0 Å². The lowest BCUT2D eigenvalue weighted by molar-refractivity contribution is 0.472. The fourth-order valence-corrected chi connectivity index (χ4v) is 2.46. The lowest BCUT2D eigenvalue weighted by Gasteiger charge is -2.19. The Labute approximate surface area is 83.9 Å². The molecule has 0 aromatic carbocycles. The maximum atomic E-state index is 5.65. The summed E-state index contributed by atoms with van der Waals surface area (Å²) < 4.78 is 0. The van der Waals surface area contributed by atoms with Crippen molar-refractivity contribution in [2.75, 3.05) is 13.1 Å². The molecule has 0 saturated heterocycles. The van der Waals surface area contributed by atoms with Crippen molar-refractivity contribution in [1.29, 1.82) is 0 Å². The Kier molecular flexibility index (Phi) is 3.90. The summed E-state index contributed by atoms with van der Waals surface area (Å²) >= 11 is 1.84. The van der Waals surface area contributed by atoms with Crippen LogP contribution in [0, 0.1) is 12.8 Å². The van der Waals surface area contributed by atoms with E-state index in [-0.39, 0.29) is 0 Å².